The summed E-state index contributed by atoms with van der Waals surface area (Å²) in [6, 6.07) is 14.6. The van der Waals surface area contributed by atoms with Gasteiger partial charge in [-0.05, 0) is 35.9 Å². The van der Waals surface area contributed by atoms with Gasteiger partial charge in [-0.1, -0.05) is 18.2 Å². The monoisotopic (exact) mass is 264 g/mol. The Labute approximate surface area is 115 Å². The summed E-state index contributed by atoms with van der Waals surface area (Å²) in [7, 11) is 0. The fourth-order valence-electron chi connectivity index (χ4n) is 2.79. The van der Waals surface area contributed by atoms with Crippen molar-refractivity contribution in [2.45, 2.75) is 6.61 Å². The van der Waals surface area contributed by atoms with Crippen molar-refractivity contribution >= 4 is 10.8 Å². The van der Waals surface area contributed by atoms with Gasteiger partial charge in [-0.2, -0.15) is 0 Å². The molecule has 0 aromatic heterocycles. The van der Waals surface area contributed by atoms with Crippen molar-refractivity contribution in [2.24, 2.45) is 0 Å². The van der Waals surface area contributed by atoms with Gasteiger partial charge in [-0.3, -0.25) is 0 Å². The number of benzene rings is 3. The summed E-state index contributed by atoms with van der Waals surface area (Å²) in [4.78, 5) is 0. The molecule has 0 radical (unpaired) electrons. The molecule has 0 saturated heterocycles. The Morgan fingerprint density at radius 1 is 0.850 bits per heavy atom. The second kappa shape index (κ2) is 3.90. The molecule has 3 aromatic carbocycles. The van der Waals surface area contributed by atoms with Gasteiger partial charge in [0.2, 0.25) is 0 Å². The zero-order chi connectivity index (χ0) is 13.7. The van der Waals surface area contributed by atoms with Crippen molar-refractivity contribution in [3.05, 3.63) is 54.1 Å². The van der Waals surface area contributed by atoms with Gasteiger partial charge in [0.1, 0.15) is 23.9 Å². The maximum absolute atomic E-state index is 9.92. The molecule has 2 N–H and O–H groups in total. The highest BCUT2D eigenvalue weighted by Crippen LogP contribution is 2.44. The fraction of sp³-hybridized carbons (Fsp3) is 0.0588. The smallest absolute Gasteiger partial charge is 0.135 e. The van der Waals surface area contributed by atoms with Crippen LogP contribution in [0.5, 0.6) is 17.2 Å². The number of fused-ring (bicyclic) bond motifs is 5. The lowest BCUT2D eigenvalue weighted by atomic mass is 9.94. The average Bonchev–Trinajstić information content (AvgIpc) is 2.46. The average molecular weight is 264 g/mol. The van der Waals surface area contributed by atoms with Crippen LogP contribution in [0.3, 0.4) is 0 Å². The van der Waals surface area contributed by atoms with Crippen LogP contribution in [0.2, 0.25) is 0 Å². The predicted molar refractivity (Wildman–Crippen MR) is 77.0 cm³/mol. The zero-order valence-electron chi connectivity index (χ0n) is 10.6. The zero-order valence-corrected chi connectivity index (χ0v) is 10.6. The van der Waals surface area contributed by atoms with Gasteiger partial charge in [-0.15, -0.1) is 0 Å². The number of hydrogen-bond acceptors (Lipinski definition) is 3. The molecule has 3 nitrogen and oxygen atoms in total. The third kappa shape index (κ3) is 1.46. The molecule has 1 aliphatic rings. The molecule has 1 heterocycles. The highest BCUT2D eigenvalue weighted by atomic mass is 16.5. The molecule has 0 amide bonds. The van der Waals surface area contributed by atoms with Crippen LogP contribution in [0, 0.1) is 0 Å². The van der Waals surface area contributed by atoms with Crippen molar-refractivity contribution in [1.82, 2.24) is 0 Å². The van der Waals surface area contributed by atoms with E-state index in [1.54, 1.807) is 18.2 Å². The molecule has 0 saturated carbocycles. The number of ether oxygens (including phenoxy) is 1. The summed E-state index contributed by atoms with van der Waals surface area (Å²) >= 11 is 0. The van der Waals surface area contributed by atoms with Gasteiger partial charge in [0, 0.05) is 21.9 Å². The van der Waals surface area contributed by atoms with Crippen LogP contribution in [0.25, 0.3) is 21.9 Å². The van der Waals surface area contributed by atoms with Crippen LogP contribution in [0.1, 0.15) is 5.56 Å². The second-order valence-electron chi connectivity index (χ2n) is 4.94. The standard InChI is InChI=1S/C17H12O3/c18-11-4-5-12-10(8-11)9-20-17-14-2-1-3-16(19)13(14)6-7-15(12)17/h1-8,18-19H,9H2. The lowest BCUT2D eigenvalue weighted by Gasteiger charge is -2.22. The van der Waals surface area contributed by atoms with Gasteiger partial charge < -0.3 is 14.9 Å². The Morgan fingerprint density at radius 3 is 2.60 bits per heavy atom. The highest BCUT2D eigenvalue weighted by molar-refractivity contribution is 5.99. The minimum atomic E-state index is 0.245. The minimum Gasteiger partial charge on any atom is -0.508 e. The third-order valence-electron chi connectivity index (χ3n) is 3.74. The van der Waals surface area contributed by atoms with Crippen molar-refractivity contribution in [3.63, 3.8) is 0 Å². The highest BCUT2D eigenvalue weighted by Gasteiger charge is 2.20. The third-order valence-corrected chi connectivity index (χ3v) is 3.74. The van der Waals surface area contributed by atoms with E-state index >= 15 is 0 Å². The van der Waals surface area contributed by atoms with Crippen molar-refractivity contribution < 1.29 is 14.9 Å². The Kier molecular flexibility index (Phi) is 2.18. The number of rotatable bonds is 0. The molecule has 98 valence electrons. The first-order chi connectivity index (χ1) is 9.74. The van der Waals surface area contributed by atoms with Crippen molar-refractivity contribution in [3.8, 4) is 28.4 Å². The number of hydrogen-bond donors (Lipinski definition) is 2. The van der Waals surface area contributed by atoms with Gasteiger partial charge >= 0.3 is 0 Å². The van der Waals surface area contributed by atoms with Crippen LogP contribution < -0.4 is 4.74 Å². The van der Waals surface area contributed by atoms with Gasteiger partial charge in [0.05, 0.1) is 0 Å². The summed E-state index contributed by atoms with van der Waals surface area (Å²) in [6.07, 6.45) is 0. The van der Waals surface area contributed by atoms with E-state index in [-0.39, 0.29) is 11.5 Å². The van der Waals surface area contributed by atoms with E-state index in [1.807, 2.05) is 30.3 Å². The van der Waals surface area contributed by atoms with Crippen molar-refractivity contribution in [2.75, 3.05) is 0 Å². The van der Waals surface area contributed by atoms with Crippen LogP contribution in [-0.4, -0.2) is 10.2 Å². The Morgan fingerprint density at radius 2 is 1.70 bits per heavy atom. The number of aromatic hydroxyl groups is 2. The molecule has 0 fully saturated rings. The number of phenols is 2. The van der Waals surface area contributed by atoms with Gasteiger partial charge in [-0.25, -0.2) is 0 Å². The summed E-state index contributed by atoms with van der Waals surface area (Å²) in [6.45, 7) is 0.422. The molecule has 0 unspecified atom stereocenters. The van der Waals surface area contributed by atoms with Crippen LogP contribution in [0.15, 0.2) is 48.5 Å². The summed E-state index contributed by atoms with van der Waals surface area (Å²) in [5, 5.41) is 21.2. The summed E-state index contributed by atoms with van der Waals surface area (Å²) in [5.41, 5.74) is 3.02. The molecule has 3 aromatic rings. The van der Waals surface area contributed by atoms with Crippen LogP contribution in [-0.2, 0) is 6.61 Å². The first kappa shape index (κ1) is 11.2. The normalized spacial score (nSPS) is 12.6. The summed E-state index contributed by atoms with van der Waals surface area (Å²) in [5.74, 6) is 1.29. The Balaban J connectivity index is 2.06. The van der Waals surface area contributed by atoms with E-state index < -0.39 is 0 Å². The Bertz CT molecular complexity index is 837. The second-order valence-corrected chi connectivity index (χ2v) is 4.94. The van der Waals surface area contributed by atoms with E-state index in [0.717, 1.165) is 33.2 Å². The molecular formula is C17H12O3. The predicted octanol–water partition coefficient (Wildman–Crippen LogP) is 3.81. The maximum atomic E-state index is 9.92. The van der Waals surface area contributed by atoms with Crippen molar-refractivity contribution in [1.29, 1.82) is 0 Å². The molecule has 4 rings (SSSR count). The van der Waals surface area contributed by atoms with Gasteiger partial charge in [0.25, 0.3) is 0 Å². The van der Waals surface area contributed by atoms with E-state index in [1.165, 1.54) is 0 Å². The van der Waals surface area contributed by atoms with E-state index in [4.69, 9.17) is 4.74 Å². The summed E-state index contributed by atoms with van der Waals surface area (Å²) < 4.78 is 5.85. The molecule has 0 bridgehead atoms. The Hall–Kier alpha value is -2.68. The molecule has 0 aliphatic carbocycles. The van der Waals surface area contributed by atoms with E-state index in [2.05, 4.69) is 0 Å². The SMILES string of the molecule is Oc1ccc2c(c1)COc1c-2ccc2c(O)cccc12. The van der Waals surface area contributed by atoms with Crippen LogP contribution >= 0.6 is 0 Å². The largest absolute Gasteiger partial charge is 0.508 e. The molecule has 20 heavy (non-hydrogen) atoms. The lowest BCUT2D eigenvalue weighted by Crippen LogP contribution is -2.05. The first-order valence-electron chi connectivity index (χ1n) is 6.44. The molecule has 3 heteroatoms. The van der Waals surface area contributed by atoms with Gasteiger partial charge in [0.15, 0.2) is 0 Å². The molecule has 0 atom stereocenters. The maximum Gasteiger partial charge on any atom is 0.135 e. The van der Waals surface area contributed by atoms with E-state index in [0.29, 0.717) is 6.61 Å². The molecule has 1 aliphatic heterocycles. The van der Waals surface area contributed by atoms with Crippen LogP contribution in [0.4, 0.5) is 0 Å². The van der Waals surface area contributed by atoms with E-state index in [9.17, 15) is 10.2 Å². The molecular weight excluding hydrogens is 252 g/mol. The topological polar surface area (TPSA) is 49.7 Å². The fourth-order valence-corrected chi connectivity index (χ4v) is 2.79. The quantitative estimate of drug-likeness (QED) is 0.649. The minimum absolute atomic E-state index is 0.245. The number of phenolic OH excluding ortho intramolecular Hbond substituents is 2. The lowest BCUT2D eigenvalue weighted by molar-refractivity contribution is 0.305. The first-order valence-corrected chi connectivity index (χ1v) is 6.44. The molecule has 0 spiro atoms.